The highest BCUT2D eigenvalue weighted by Gasteiger charge is 2.02. The molecule has 118 valence electrons. The third-order valence-corrected chi connectivity index (χ3v) is 4.02. The zero-order chi connectivity index (χ0) is 16.2. The molecule has 4 heteroatoms. The Morgan fingerprint density at radius 2 is 1.04 bits per heavy atom. The van der Waals surface area contributed by atoms with Crippen LogP contribution in [0.15, 0.2) is 73.1 Å². The Morgan fingerprint density at radius 1 is 0.583 bits per heavy atom. The maximum Gasteiger partial charge on any atom is 0.0933 e. The lowest BCUT2D eigenvalue weighted by Gasteiger charge is -2.11. The van der Waals surface area contributed by atoms with E-state index < -0.39 is 0 Å². The van der Waals surface area contributed by atoms with E-state index in [2.05, 4.69) is 57.0 Å². The van der Waals surface area contributed by atoms with Crippen LogP contribution in [0.4, 0.5) is 11.4 Å². The molecule has 0 spiro atoms. The average Bonchev–Trinajstić information content (AvgIpc) is 2.65. The highest BCUT2D eigenvalue weighted by atomic mass is 15.0. The van der Waals surface area contributed by atoms with Crippen LogP contribution in [0.2, 0.25) is 0 Å². The molecule has 0 radical (unpaired) electrons. The molecule has 0 aliphatic rings. The molecule has 2 aromatic heterocycles. The molecule has 0 fully saturated rings. The maximum absolute atomic E-state index is 4.47. The fraction of sp³-hybridized carbons (Fsp3) is 0.100. The first kappa shape index (κ1) is 14.5. The standard InChI is InChI=1S/C20H18N4/c1-5-15-7-3-11-23-19(15)17(9-1)21-13-14-22-18-10-2-6-16-8-4-12-24-20(16)18/h1-12,21-22H,13-14H2. The second-order valence-electron chi connectivity index (χ2n) is 5.61. The van der Waals surface area contributed by atoms with Gasteiger partial charge in [0.1, 0.15) is 0 Å². The van der Waals surface area contributed by atoms with E-state index in [0.717, 1.165) is 46.3 Å². The van der Waals surface area contributed by atoms with Gasteiger partial charge in [0, 0.05) is 36.3 Å². The first-order chi connectivity index (χ1) is 11.9. The van der Waals surface area contributed by atoms with Crippen molar-refractivity contribution in [1.82, 2.24) is 9.97 Å². The second-order valence-corrected chi connectivity index (χ2v) is 5.61. The molecule has 0 aliphatic carbocycles. The maximum atomic E-state index is 4.47. The van der Waals surface area contributed by atoms with Crippen molar-refractivity contribution >= 4 is 33.2 Å². The van der Waals surface area contributed by atoms with Gasteiger partial charge in [0.25, 0.3) is 0 Å². The number of para-hydroxylation sites is 2. The molecule has 0 unspecified atom stereocenters. The molecule has 4 nitrogen and oxygen atoms in total. The molecule has 0 saturated heterocycles. The average molecular weight is 314 g/mol. The number of hydrogen-bond acceptors (Lipinski definition) is 4. The lowest BCUT2D eigenvalue weighted by Crippen LogP contribution is -2.14. The lowest BCUT2D eigenvalue weighted by atomic mass is 10.2. The molecule has 0 atom stereocenters. The monoisotopic (exact) mass is 314 g/mol. The molecule has 0 amide bonds. The number of aromatic nitrogens is 2. The van der Waals surface area contributed by atoms with Crippen LogP contribution in [-0.2, 0) is 0 Å². The van der Waals surface area contributed by atoms with Crippen molar-refractivity contribution in [3.05, 3.63) is 73.1 Å². The number of hydrogen-bond donors (Lipinski definition) is 2. The van der Waals surface area contributed by atoms with E-state index in [-0.39, 0.29) is 0 Å². The quantitative estimate of drug-likeness (QED) is 0.539. The van der Waals surface area contributed by atoms with Crippen LogP contribution in [0.1, 0.15) is 0 Å². The molecule has 2 aromatic carbocycles. The second kappa shape index (κ2) is 6.54. The number of rotatable bonds is 5. The number of nitrogens with one attached hydrogen (secondary N) is 2. The minimum absolute atomic E-state index is 0.804. The van der Waals surface area contributed by atoms with Crippen molar-refractivity contribution < 1.29 is 0 Å². The number of anilines is 2. The van der Waals surface area contributed by atoms with Crippen LogP contribution < -0.4 is 10.6 Å². The first-order valence-corrected chi connectivity index (χ1v) is 8.07. The van der Waals surface area contributed by atoms with Gasteiger partial charge in [-0.2, -0.15) is 0 Å². The van der Waals surface area contributed by atoms with Gasteiger partial charge in [0.05, 0.1) is 22.4 Å². The third-order valence-electron chi connectivity index (χ3n) is 4.02. The highest BCUT2D eigenvalue weighted by Crippen LogP contribution is 2.21. The molecule has 2 heterocycles. The molecule has 0 saturated carbocycles. The van der Waals surface area contributed by atoms with Crippen molar-refractivity contribution in [3.63, 3.8) is 0 Å². The predicted octanol–water partition coefficient (Wildman–Crippen LogP) is 4.31. The molecule has 24 heavy (non-hydrogen) atoms. The van der Waals surface area contributed by atoms with Gasteiger partial charge >= 0.3 is 0 Å². The van der Waals surface area contributed by atoms with Gasteiger partial charge in [-0.05, 0) is 24.3 Å². The van der Waals surface area contributed by atoms with E-state index in [0.29, 0.717) is 0 Å². The molecule has 2 N–H and O–H groups in total. The predicted molar refractivity (Wildman–Crippen MR) is 100 cm³/mol. The molecule has 4 aromatic rings. The van der Waals surface area contributed by atoms with Crippen molar-refractivity contribution in [2.45, 2.75) is 0 Å². The highest BCUT2D eigenvalue weighted by molar-refractivity contribution is 5.91. The van der Waals surface area contributed by atoms with Crippen molar-refractivity contribution in [2.24, 2.45) is 0 Å². The molecule has 0 bridgehead atoms. The van der Waals surface area contributed by atoms with Crippen LogP contribution in [0.25, 0.3) is 21.8 Å². The van der Waals surface area contributed by atoms with Gasteiger partial charge in [0.2, 0.25) is 0 Å². The van der Waals surface area contributed by atoms with E-state index in [4.69, 9.17) is 0 Å². The summed E-state index contributed by atoms with van der Waals surface area (Å²) in [7, 11) is 0. The van der Waals surface area contributed by atoms with Gasteiger partial charge in [-0.1, -0.05) is 36.4 Å². The fourth-order valence-corrected chi connectivity index (χ4v) is 2.89. The van der Waals surface area contributed by atoms with E-state index in [1.54, 1.807) is 0 Å². The van der Waals surface area contributed by atoms with Crippen LogP contribution >= 0.6 is 0 Å². The van der Waals surface area contributed by atoms with Crippen molar-refractivity contribution in [2.75, 3.05) is 23.7 Å². The Hall–Kier alpha value is -3.14. The topological polar surface area (TPSA) is 49.8 Å². The van der Waals surface area contributed by atoms with E-state index in [1.165, 1.54) is 0 Å². The Labute approximate surface area is 140 Å². The van der Waals surface area contributed by atoms with Crippen molar-refractivity contribution in [3.8, 4) is 0 Å². The summed E-state index contributed by atoms with van der Waals surface area (Å²) >= 11 is 0. The first-order valence-electron chi connectivity index (χ1n) is 8.07. The van der Waals surface area contributed by atoms with Crippen LogP contribution in [0.5, 0.6) is 0 Å². The van der Waals surface area contributed by atoms with Gasteiger partial charge in [-0.25, -0.2) is 0 Å². The summed E-state index contributed by atoms with van der Waals surface area (Å²) in [5.41, 5.74) is 4.13. The van der Waals surface area contributed by atoms with Crippen LogP contribution in [-0.4, -0.2) is 23.1 Å². The summed E-state index contributed by atoms with van der Waals surface area (Å²) in [6.07, 6.45) is 3.65. The van der Waals surface area contributed by atoms with E-state index >= 15 is 0 Å². The number of benzene rings is 2. The molecule has 0 aliphatic heterocycles. The van der Waals surface area contributed by atoms with E-state index in [9.17, 15) is 0 Å². The number of nitrogens with zero attached hydrogens (tertiary/aromatic N) is 2. The summed E-state index contributed by atoms with van der Waals surface area (Å²) in [4.78, 5) is 8.93. The summed E-state index contributed by atoms with van der Waals surface area (Å²) in [6, 6.07) is 20.5. The SMILES string of the molecule is c1cnc2c(NCCNc3cccc4cccnc34)cccc2c1. The zero-order valence-electron chi connectivity index (χ0n) is 13.2. The Morgan fingerprint density at radius 3 is 1.54 bits per heavy atom. The summed E-state index contributed by atoms with van der Waals surface area (Å²) in [5, 5.41) is 9.22. The Balaban J connectivity index is 1.44. The van der Waals surface area contributed by atoms with Gasteiger partial charge in [0.15, 0.2) is 0 Å². The molecule has 4 rings (SSSR count). The Kier molecular flexibility index (Phi) is 3.94. The molecular formula is C20H18N4. The number of pyridine rings is 2. The third kappa shape index (κ3) is 2.86. The minimum atomic E-state index is 0.804. The van der Waals surface area contributed by atoms with Crippen LogP contribution in [0, 0.1) is 0 Å². The normalized spacial score (nSPS) is 10.8. The minimum Gasteiger partial charge on any atom is -0.382 e. The Bertz CT molecular complexity index is 889. The summed E-state index contributed by atoms with van der Waals surface area (Å²) < 4.78 is 0. The fourth-order valence-electron chi connectivity index (χ4n) is 2.89. The molecular weight excluding hydrogens is 296 g/mol. The van der Waals surface area contributed by atoms with E-state index in [1.807, 2.05) is 36.7 Å². The smallest absolute Gasteiger partial charge is 0.0933 e. The van der Waals surface area contributed by atoms with Crippen molar-refractivity contribution in [1.29, 1.82) is 0 Å². The van der Waals surface area contributed by atoms with Gasteiger partial charge < -0.3 is 10.6 Å². The largest absolute Gasteiger partial charge is 0.382 e. The summed E-state index contributed by atoms with van der Waals surface area (Å²) in [6.45, 7) is 1.61. The van der Waals surface area contributed by atoms with Gasteiger partial charge in [-0.15, -0.1) is 0 Å². The lowest BCUT2D eigenvalue weighted by molar-refractivity contribution is 1.08. The summed E-state index contributed by atoms with van der Waals surface area (Å²) in [5.74, 6) is 0. The number of fused-ring (bicyclic) bond motifs is 2. The zero-order valence-corrected chi connectivity index (χ0v) is 13.2. The van der Waals surface area contributed by atoms with Gasteiger partial charge in [-0.3, -0.25) is 9.97 Å². The van der Waals surface area contributed by atoms with Crippen LogP contribution in [0.3, 0.4) is 0 Å².